The molecule has 2 aliphatic rings. The van der Waals surface area contributed by atoms with Gasteiger partial charge in [0.1, 0.15) is 0 Å². The van der Waals surface area contributed by atoms with E-state index in [1.54, 1.807) is 0 Å². The van der Waals surface area contributed by atoms with Gasteiger partial charge in [-0.1, -0.05) is 37.6 Å². The summed E-state index contributed by atoms with van der Waals surface area (Å²) < 4.78 is 5.91. The first-order chi connectivity index (χ1) is 10.2. The van der Waals surface area contributed by atoms with Crippen molar-refractivity contribution in [3.05, 3.63) is 35.4 Å². The number of β-amino-alcohol motifs (C(OH)–C–C–N with tert-alkyl or cyclic N) is 1. The van der Waals surface area contributed by atoms with Crippen LogP contribution in [0.5, 0.6) is 0 Å². The van der Waals surface area contributed by atoms with Crippen LogP contribution in [0.1, 0.15) is 37.3 Å². The molecule has 1 N–H and O–H groups in total. The van der Waals surface area contributed by atoms with Gasteiger partial charge in [0.25, 0.3) is 0 Å². The predicted molar refractivity (Wildman–Crippen MR) is 84.2 cm³/mol. The molecule has 3 nitrogen and oxygen atoms in total. The predicted octanol–water partition coefficient (Wildman–Crippen LogP) is 2.61. The van der Waals surface area contributed by atoms with Gasteiger partial charge in [-0.3, -0.25) is 4.90 Å². The highest BCUT2D eigenvalue weighted by molar-refractivity contribution is 5.29. The monoisotopic (exact) mass is 289 g/mol. The molecule has 1 aromatic rings. The van der Waals surface area contributed by atoms with Gasteiger partial charge < -0.3 is 9.84 Å². The van der Waals surface area contributed by atoms with E-state index < -0.39 is 0 Å². The summed E-state index contributed by atoms with van der Waals surface area (Å²) in [5.74, 6) is 0.652. The highest BCUT2D eigenvalue weighted by Crippen LogP contribution is 2.27. The van der Waals surface area contributed by atoms with Crippen LogP contribution in [0.15, 0.2) is 24.3 Å². The molecule has 0 aromatic heterocycles. The Morgan fingerprint density at radius 3 is 2.86 bits per heavy atom. The minimum Gasteiger partial charge on any atom is -0.389 e. The van der Waals surface area contributed by atoms with Gasteiger partial charge in [0.15, 0.2) is 0 Å². The molecule has 0 spiro atoms. The van der Waals surface area contributed by atoms with E-state index in [0.29, 0.717) is 18.6 Å². The van der Waals surface area contributed by atoms with Gasteiger partial charge in [-0.05, 0) is 36.3 Å². The Balaban J connectivity index is 1.44. The Hall–Kier alpha value is -0.900. The van der Waals surface area contributed by atoms with E-state index in [1.807, 2.05) is 0 Å². The average Bonchev–Trinajstić information content (AvgIpc) is 2.90. The van der Waals surface area contributed by atoms with E-state index in [1.165, 1.54) is 24.0 Å². The first-order valence-corrected chi connectivity index (χ1v) is 8.31. The second kappa shape index (κ2) is 6.91. The van der Waals surface area contributed by atoms with Crippen LogP contribution in [0.25, 0.3) is 0 Å². The van der Waals surface area contributed by atoms with Crippen LogP contribution in [-0.2, 0) is 17.7 Å². The molecule has 1 saturated carbocycles. The van der Waals surface area contributed by atoms with E-state index in [4.69, 9.17) is 4.74 Å². The molecular formula is C18H27NO2. The first-order valence-electron chi connectivity index (χ1n) is 8.31. The molecule has 21 heavy (non-hydrogen) atoms. The molecule has 3 heteroatoms. The smallest absolute Gasteiger partial charge is 0.0900 e. The second-order valence-electron chi connectivity index (χ2n) is 6.69. The SMILES string of the molecule is C[C@@H]1CCC[C@@H]1OC[C@@H](O)CN1CCc2ccccc2C1. The van der Waals surface area contributed by atoms with Gasteiger partial charge in [-0.25, -0.2) is 0 Å². The molecule has 0 amide bonds. The van der Waals surface area contributed by atoms with Crippen LogP contribution in [0.4, 0.5) is 0 Å². The zero-order chi connectivity index (χ0) is 14.7. The number of aliphatic hydroxyl groups is 1. The second-order valence-corrected chi connectivity index (χ2v) is 6.69. The molecule has 0 unspecified atom stereocenters. The summed E-state index contributed by atoms with van der Waals surface area (Å²) in [5.41, 5.74) is 2.86. The maximum atomic E-state index is 10.2. The summed E-state index contributed by atoms with van der Waals surface area (Å²) in [4.78, 5) is 2.34. The maximum Gasteiger partial charge on any atom is 0.0900 e. The molecule has 116 valence electrons. The van der Waals surface area contributed by atoms with Crippen molar-refractivity contribution in [2.45, 2.75) is 51.4 Å². The van der Waals surface area contributed by atoms with Gasteiger partial charge in [0.2, 0.25) is 0 Å². The minimum atomic E-state index is -0.372. The lowest BCUT2D eigenvalue weighted by molar-refractivity contribution is -0.0329. The van der Waals surface area contributed by atoms with Crippen LogP contribution < -0.4 is 0 Å². The van der Waals surface area contributed by atoms with Crippen LogP contribution in [0, 0.1) is 5.92 Å². The highest BCUT2D eigenvalue weighted by atomic mass is 16.5. The molecule has 3 atom stereocenters. The number of fused-ring (bicyclic) bond motifs is 1. The van der Waals surface area contributed by atoms with Gasteiger partial charge >= 0.3 is 0 Å². The lowest BCUT2D eigenvalue weighted by atomic mass is 10.00. The van der Waals surface area contributed by atoms with Crippen molar-refractivity contribution in [1.82, 2.24) is 4.90 Å². The number of aliphatic hydroxyl groups excluding tert-OH is 1. The molecule has 0 saturated heterocycles. The van der Waals surface area contributed by atoms with E-state index in [2.05, 4.69) is 36.1 Å². The van der Waals surface area contributed by atoms with E-state index >= 15 is 0 Å². The summed E-state index contributed by atoms with van der Waals surface area (Å²) in [5, 5.41) is 10.2. The standard InChI is InChI=1S/C18H27NO2/c1-14-5-4-8-18(14)21-13-17(20)12-19-10-9-15-6-2-3-7-16(15)11-19/h2-3,6-7,14,17-18,20H,4-5,8-13H2,1H3/t14-,17+,18+/m1/s1. The lowest BCUT2D eigenvalue weighted by Crippen LogP contribution is -2.39. The third-order valence-corrected chi connectivity index (χ3v) is 4.96. The van der Waals surface area contributed by atoms with Gasteiger partial charge in [0, 0.05) is 19.6 Å². The normalized spacial score (nSPS) is 27.5. The Labute approximate surface area is 127 Å². The van der Waals surface area contributed by atoms with Gasteiger partial charge in [0.05, 0.1) is 18.8 Å². The summed E-state index contributed by atoms with van der Waals surface area (Å²) in [6, 6.07) is 8.63. The van der Waals surface area contributed by atoms with Crippen LogP contribution in [-0.4, -0.2) is 41.9 Å². The number of hydrogen-bond acceptors (Lipinski definition) is 3. The number of nitrogens with zero attached hydrogens (tertiary/aromatic N) is 1. The van der Waals surface area contributed by atoms with Gasteiger partial charge in [-0.2, -0.15) is 0 Å². The van der Waals surface area contributed by atoms with Crippen molar-refractivity contribution >= 4 is 0 Å². The Bertz CT molecular complexity index is 462. The lowest BCUT2D eigenvalue weighted by Gasteiger charge is -2.30. The third kappa shape index (κ3) is 3.85. The summed E-state index contributed by atoms with van der Waals surface area (Å²) in [7, 11) is 0. The summed E-state index contributed by atoms with van der Waals surface area (Å²) in [6.45, 7) is 5.44. The first kappa shape index (κ1) is 15.0. The third-order valence-electron chi connectivity index (χ3n) is 4.96. The van der Waals surface area contributed by atoms with Crippen LogP contribution >= 0.6 is 0 Å². The summed E-state index contributed by atoms with van der Waals surface area (Å²) in [6.07, 6.45) is 4.77. The quantitative estimate of drug-likeness (QED) is 0.904. The molecule has 1 aliphatic carbocycles. The number of ether oxygens (including phenoxy) is 1. The average molecular weight is 289 g/mol. The number of rotatable bonds is 5. The largest absolute Gasteiger partial charge is 0.389 e. The Kier molecular flexibility index (Phi) is 4.94. The molecule has 1 fully saturated rings. The van der Waals surface area contributed by atoms with E-state index in [0.717, 1.165) is 32.5 Å². The number of benzene rings is 1. The summed E-state index contributed by atoms with van der Waals surface area (Å²) >= 11 is 0. The fraction of sp³-hybridized carbons (Fsp3) is 0.667. The maximum absolute atomic E-state index is 10.2. The minimum absolute atomic E-state index is 0.363. The highest BCUT2D eigenvalue weighted by Gasteiger charge is 2.25. The molecule has 1 aromatic carbocycles. The molecular weight excluding hydrogens is 262 g/mol. The fourth-order valence-electron chi connectivity index (χ4n) is 3.65. The molecule has 1 heterocycles. The van der Waals surface area contributed by atoms with Crippen molar-refractivity contribution in [3.63, 3.8) is 0 Å². The van der Waals surface area contributed by atoms with E-state index in [9.17, 15) is 5.11 Å². The molecule has 0 bridgehead atoms. The van der Waals surface area contributed by atoms with Crippen LogP contribution in [0.2, 0.25) is 0 Å². The zero-order valence-corrected chi connectivity index (χ0v) is 13.0. The molecule has 3 rings (SSSR count). The Morgan fingerprint density at radius 1 is 1.29 bits per heavy atom. The van der Waals surface area contributed by atoms with E-state index in [-0.39, 0.29) is 6.10 Å². The van der Waals surface area contributed by atoms with Crippen molar-refractivity contribution in [3.8, 4) is 0 Å². The van der Waals surface area contributed by atoms with Gasteiger partial charge in [-0.15, -0.1) is 0 Å². The van der Waals surface area contributed by atoms with Crippen molar-refractivity contribution in [2.24, 2.45) is 5.92 Å². The van der Waals surface area contributed by atoms with Crippen LogP contribution in [0.3, 0.4) is 0 Å². The molecule has 0 radical (unpaired) electrons. The van der Waals surface area contributed by atoms with Crippen molar-refractivity contribution < 1.29 is 9.84 Å². The molecule has 1 aliphatic heterocycles. The number of hydrogen-bond donors (Lipinski definition) is 1. The Morgan fingerprint density at radius 2 is 2.10 bits per heavy atom. The topological polar surface area (TPSA) is 32.7 Å². The van der Waals surface area contributed by atoms with Crippen molar-refractivity contribution in [2.75, 3.05) is 19.7 Å². The fourth-order valence-corrected chi connectivity index (χ4v) is 3.65. The zero-order valence-electron chi connectivity index (χ0n) is 13.0. The van der Waals surface area contributed by atoms with Crippen molar-refractivity contribution in [1.29, 1.82) is 0 Å².